The molecule has 1 aromatic carbocycles. The van der Waals surface area contributed by atoms with E-state index in [0.29, 0.717) is 5.92 Å². The zero-order valence-corrected chi connectivity index (χ0v) is 11.1. The number of fused-ring (bicyclic) bond motifs is 1. The predicted molar refractivity (Wildman–Crippen MR) is 75.9 cm³/mol. The normalized spacial score (nSPS) is 18.8. The maximum Gasteiger partial charge on any atom is 0.110 e. The molecular formula is C15H21N3O. The second-order valence-corrected chi connectivity index (χ2v) is 5.52. The van der Waals surface area contributed by atoms with Crippen molar-refractivity contribution in [2.75, 3.05) is 6.61 Å². The molecule has 0 radical (unpaired) electrons. The smallest absolute Gasteiger partial charge is 0.110 e. The Labute approximate surface area is 113 Å². The van der Waals surface area contributed by atoms with Crippen molar-refractivity contribution in [1.82, 2.24) is 9.97 Å². The summed E-state index contributed by atoms with van der Waals surface area (Å²) in [5.74, 6) is 1.69. The van der Waals surface area contributed by atoms with E-state index in [4.69, 9.17) is 15.8 Å². The molecule has 0 saturated heterocycles. The van der Waals surface area contributed by atoms with Crippen molar-refractivity contribution >= 4 is 11.0 Å². The molecule has 1 fully saturated rings. The lowest BCUT2D eigenvalue weighted by Crippen LogP contribution is -2.14. The van der Waals surface area contributed by atoms with E-state index in [0.717, 1.165) is 22.4 Å². The van der Waals surface area contributed by atoms with E-state index in [1.54, 1.807) is 0 Å². The lowest BCUT2D eigenvalue weighted by molar-refractivity contribution is 0.268. The number of nitrogens with two attached hydrogens (primary N) is 1. The third kappa shape index (κ3) is 2.51. The average Bonchev–Trinajstić information content (AvgIpc) is 2.90. The Balaban J connectivity index is 1.91. The molecule has 4 heteroatoms. The lowest BCUT2D eigenvalue weighted by atomic mass is 9.89. The zero-order chi connectivity index (χ0) is 13.2. The highest BCUT2D eigenvalue weighted by Crippen LogP contribution is 2.32. The number of aromatic nitrogens is 2. The van der Waals surface area contributed by atoms with Crippen molar-refractivity contribution in [2.45, 2.75) is 44.1 Å². The summed E-state index contributed by atoms with van der Waals surface area (Å²) in [6, 6.07) is 5.64. The van der Waals surface area contributed by atoms with Crippen LogP contribution in [0.4, 0.5) is 0 Å². The van der Waals surface area contributed by atoms with Gasteiger partial charge in [-0.2, -0.15) is 0 Å². The minimum Gasteiger partial charge on any atom is -0.394 e. The number of hydrogen-bond donors (Lipinski definition) is 3. The largest absolute Gasteiger partial charge is 0.394 e. The fourth-order valence-corrected chi connectivity index (χ4v) is 2.95. The first-order chi connectivity index (χ1) is 9.28. The van der Waals surface area contributed by atoms with Crippen LogP contribution in [-0.4, -0.2) is 21.7 Å². The molecule has 0 bridgehead atoms. The summed E-state index contributed by atoms with van der Waals surface area (Å²) in [5, 5.41) is 9.12. The van der Waals surface area contributed by atoms with Crippen molar-refractivity contribution in [2.24, 2.45) is 5.73 Å². The Morgan fingerprint density at radius 1 is 1.32 bits per heavy atom. The Morgan fingerprint density at radius 2 is 2.11 bits per heavy atom. The first-order valence-corrected chi connectivity index (χ1v) is 7.14. The van der Waals surface area contributed by atoms with Crippen LogP contribution in [0.25, 0.3) is 11.0 Å². The number of aromatic amines is 1. The van der Waals surface area contributed by atoms with Crippen LogP contribution in [0, 0.1) is 0 Å². The number of benzene rings is 1. The predicted octanol–water partition coefficient (Wildman–Crippen LogP) is 2.60. The van der Waals surface area contributed by atoms with Gasteiger partial charge in [0.05, 0.1) is 23.7 Å². The number of imidazole rings is 1. The molecule has 1 aromatic heterocycles. The van der Waals surface area contributed by atoms with Gasteiger partial charge in [0.25, 0.3) is 0 Å². The highest BCUT2D eigenvalue weighted by Gasteiger charge is 2.19. The van der Waals surface area contributed by atoms with Gasteiger partial charge in [0.1, 0.15) is 5.82 Å². The molecule has 1 unspecified atom stereocenters. The summed E-state index contributed by atoms with van der Waals surface area (Å²) in [4.78, 5) is 8.14. The molecule has 1 heterocycles. The zero-order valence-electron chi connectivity index (χ0n) is 11.1. The summed E-state index contributed by atoms with van der Waals surface area (Å²) >= 11 is 0. The first kappa shape index (κ1) is 12.6. The molecule has 1 saturated carbocycles. The van der Waals surface area contributed by atoms with E-state index in [1.165, 1.54) is 32.1 Å². The van der Waals surface area contributed by atoms with Gasteiger partial charge in [0, 0.05) is 5.92 Å². The fraction of sp³-hybridized carbons (Fsp3) is 0.533. The molecule has 1 aliphatic rings. The number of aliphatic hydroxyl groups excluding tert-OH is 1. The average molecular weight is 259 g/mol. The van der Waals surface area contributed by atoms with Crippen LogP contribution in [0.15, 0.2) is 18.2 Å². The van der Waals surface area contributed by atoms with Gasteiger partial charge in [-0.05, 0) is 30.5 Å². The molecule has 1 aliphatic carbocycles. The maximum absolute atomic E-state index is 9.12. The van der Waals surface area contributed by atoms with Crippen LogP contribution in [0.1, 0.15) is 55.5 Å². The summed E-state index contributed by atoms with van der Waals surface area (Å²) < 4.78 is 0. The first-order valence-electron chi connectivity index (χ1n) is 7.14. The number of H-pyrrole nitrogens is 1. The van der Waals surface area contributed by atoms with Crippen molar-refractivity contribution in [3.63, 3.8) is 0 Å². The minimum atomic E-state index is -0.314. The van der Waals surface area contributed by atoms with E-state index in [1.807, 2.05) is 18.2 Å². The second kappa shape index (κ2) is 5.31. The van der Waals surface area contributed by atoms with Crippen LogP contribution in [-0.2, 0) is 0 Å². The number of hydrogen-bond acceptors (Lipinski definition) is 3. The van der Waals surface area contributed by atoms with Gasteiger partial charge in [-0.3, -0.25) is 0 Å². The highest BCUT2D eigenvalue weighted by atomic mass is 16.3. The van der Waals surface area contributed by atoms with Crippen molar-refractivity contribution in [1.29, 1.82) is 0 Å². The maximum atomic E-state index is 9.12. The van der Waals surface area contributed by atoms with Gasteiger partial charge in [-0.25, -0.2) is 4.98 Å². The fourth-order valence-electron chi connectivity index (χ4n) is 2.95. The molecule has 0 aliphatic heterocycles. The molecular weight excluding hydrogens is 238 g/mol. The third-order valence-electron chi connectivity index (χ3n) is 4.14. The molecule has 19 heavy (non-hydrogen) atoms. The molecule has 3 rings (SSSR count). The Kier molecular flexibility index (Phi) is 3.53. The number of rotatable bonds is 3. The molecule has 0 spiro atoms. The lowest BCUT2D eigenvalue weighted by Gasteiger charge is -2.18. The monoisotopic (exact) mass is 259 g/mol. The van der Waals surface area contributed by atoms with E-state index in [-0.39, 0.29) is 12.6 Å². The van der Waals surface area contributed by atoms with Gasteiger partial charge < -0.3 is 15.8 Å². The van der Waals surface area contributed by atoms with Crippen LogP contribution in [0.5, 0.6) is 0 Å². The standard InChI is InChI=1S/C15H21N3O/c16-12(9-19)11-6-7-13-14(8-11)18-15(17-13)10-4-2-1-3-5-10/h6-8,10,12,19H,1-5,9,16H2,(H,17,18). The molecule has 0 amide bonds. The van der Waals surface area contributed by atoms with E-state index < -0.39 is 0 Å². The highest BCUT2D eigenvalue weighted by molar-refractivity contribution is 5.76. The van der Waals surface area contributed by atoms with Crippen LogP contribution in [0.3, 0.4) is 0 Å². The Hall–Kier alpha value is -1.39. The Bertz CT molecular complexity index is 558. The molecule has 4 N–H and O–H groups in total. The SMILES string of the molecule is NC(CO)c1ccc2nc(C3CCCCC3)[nH]c2c1. The van der Waals surface area contributed by atoms with Crippen LogP contribution in [0.2, 0.25) is 0 Å². The summed E-state index contributed by atoms with van der Waals surface area (Å²) in [6.07, 6.45) is 6.45. The van der Waals surface area contributed by atoms with Crippen LogP contribution >= 0.6 is 0 Å². The van der Waals surface area contributed by atoms with Gasteiger partial charge in [-0.1, -0.05) is 25.3 Å². The van der Waals surface area contributed by atoms with Gasteiger partial charge in [0.15, 0.2) is 0 Å². The van der Waals surface area contributed by atoms with Crippen molar-refractivity contribution in [3.05, 3.63) is 29.6 Å². The molecule has 1 atom stereocenters. The topological polar surface area (TPSA) is 74.9 Å². The van der Waals surface area contributed by atoms with Gasteiger partial charge in [0.2, 0.25) is 0 Å². The van der Waals surface area contributed by atoms with Crippen molar-refractivity contribution in [3.8, 4) is 0 Å². The third-order valence-corrected chi connectivity index (χ3v) is 4.14. The van der Waals surface area contributed by atoms with E-state index in [9.17, 15) is 0 Å². The van der Waals surface area contributed by atoms with E-state index >= 15 is 0 Å². The molecule has 2 aromatic rings. The molecule has 4 nitrogen and oxygen atoms in total. The van der Waals surface area contributed by atoms with E-state index in [2.05, 4.69) is 4.98 Å². The number of nitrogens with one attached hydrogen (secondary N) is 1. The Morgan fingerprint density at radius 3 is 2.84 bits per heavy atom. The van der Waals surface area contributed by atoms with Crippen molar-refractivity contribution < 1.29 is 5.11 Å². The summed E-state index contributed by atoms with van der Waals surface area (Å²) in [6.45, 7) is -0.0326. The number of nitrogens with zero attached hydrogens (tertiary/aromatic N) is 1. The van der Waals surface area contributed by atoms with Crippen LogP contribution < -0.4 is 5.73 Å². The second-order valence-electron chi connectivity index (χ2n) is 5.52. The minimum absolute atomic E-state index is 0.0326. The molecule has 102 valence electrons. The number of aliphatic hydroxyl groups is 1. The van der Waals surface area contributed by atoms with Gasteiger partial charge >= 0.3 is 0 Å². The summed E-state index contributed by atoms with van der Waals surface area (Å²) in [5.41, 5.74) is 8.83. The summed E-state index contributed by atoms with van der Waals surface area (Å²) in [7, 11) is 0. The van der Waals surface area contributed by atoms with Gasteiger partial charge in [-0.15, -0.1) is 0 Å². The quantitative estimate of drug-likeness (QED) is 0.793.